The molecule has 0 fully saturated rings. The van der Waals surface area contributed by atoms with Crippen LogP contribution >= 0.6 is 23.4 Å². The first-order valence-electron chi connectivity index (χ1n) is 6.59. The molecule has 1 heterocycles. The van der Waals surface area contributed by atoms with E-state index in [1.165, 1.54) is 11.8 Å². The lowest BCUT2D eigenvalue weighted by Gasteiger charge is -2.06. The SMILES string of the molecule is CCCn1ccnc1CC(=O)CSc1cccc(Cl)c1. The van der Waals surface area contributed by atoms with E-state index in [9.17, 15) is 4.79 Å². The van der Waals surface area contributed by atoms with Gasteiger partial charge in [-0.1, -0.05) is 24.6 Å². The number of nitrogens with zero attached hydrogens (tertiary/aromatic N) is 2. The number of carbonyl (C=O) groups is 1. The van der Waals surface area contributed by atoms with Crippen LogP contribution in [0.3, 0.4) is 0 Å². The van der Waals surface area contributed by atoms with Gasteiger partial charge in [-0.05, 0) is 24.6 Å². The number of carbonyl (C=O) groups excluding carboxylic acids is 1. The number of Topliss-reactive ketones (excluding diaryl/α,β-unsaturated/α-hetero) is 1. The number of hydrogen-bond acceptors (Lipinski definition) is 3. The molecule has 0 radical (unpaired) electrons. The molecule has 2 aromatic rings. The average Bonchev–Trinajstić information content (AvgIpc) is 2.84. The van der Waals surface area contributed by atoms with E-state index in [1.54, 1.807) is 6.20 Å². The number of ketones is 1. The molecule has 20 heavy (non-hydrogen) atoms. The Morgan fingerprint density at radius 3 is 3.05 bits per heavy atom. The molecule has 0 spiro atoms. The number of benzene rings is 1. The Morgan fingerprint density at radius 1 is 1.45 bits per heavy atom. The first kappa shape index (κ1) is 15.1. The van der Waals surface area contributed by atoms with Gasteiger partial charge in [-0.3, -0.25) is 4.79 Å². The second-order valence-electron chi connectivity index (χ2n) is 4.50. The first-order chi connectivity index (χ1) is 9.69. The summed E-state index contributed by atoms with van der Waals surface area (Å²) in [6.07, 6.45) is 5.11. The van der Waals surface area contributed by atoms with E-state index in [2.05, 4.69) is 11.9 Å². The van der Waals surface area contributed by atoms with Gasteiger partial charge in [0.25, 0.3) is 0 Å². The van der Waals surface area contributed by atoms with Crippen molar-refractivity contribution in [3.05, 3.63) is 47.5 Å². The van der Waals surface area contributed by atoms with Gasteiger partial charge in [-0.2, -0.15) is 0 Å². The number of halogens is 1. The minimum Gasteiger partial charge on any atom is -0.335 e. The standard InChI is InChI=1S/C15H17ClN2OS/c1-2-7-18-8-6-17-15(18)10-13(19)11-20-14-5-3-4-12(16)9-14/h3-6,8-9H,2,7,10-11H2,1H3. The first-order valence-corrected chi connectivity index (χ1v) is 7.95. The maximum absolute atomic E-state index is 12.0. The zero-order chi connectivity index (χ0) is 14.4. The molecule has 1 aromatic carbocycles. The molecule has 0 saturated heterocycles. The van der Waals surface area contributed by atoms with Crippen LogP contribution in [0.25, 0.3) is 0 Å². The maximum Gasteiger partial charge on any atom is 0.150 e. The van der Waals surface area contributed by atoms with Crippen molar-refractivity contribution in [2.75, 3.05) is 5.75 Å². The Balaban J connectivity index is 1.88. The van der Waals surface area contributed by atoms with Gasteiger partial charge in [0.05, 0.1) is 12.2 Å². The summed E-state index contributed by atoms with van der Waals surface area (Å²) in [4.78, 5) is 17.3. The van der Waals surface area contributed by atoms with E-state index in [-0.39, 0.29) is 5.78 Å². The second kappa shape index (κ2) is 7.50. The minimum absolute atomic E-state index is 0.179. The number of imidazole rings is 1. The third-order valence-electron chi connectivity index (χ3n) is 2.82. The number of thioether (sulfide) groups is 1. The van der Waals surface area contributed by atoms with Crippen LogP contribution in [0, 0.1) is 0 Å². The summed E-state index contributed by atoms with van der Waals surface area (Å²) in [7, 11) is 0. The van der Waals surface area contributed by atoms with Crippen molar-refractivity contribution in [3.8, 4) is 0 Å². The summed E-state index contributed by atoms with van der Waals surface area (Å²) in [6.45, 7) is 3.02. The summed E-state index contributed by atoms with van der Waals surface area (Å²) in [5.41, 5.74) is 0. The van der Waals surface area contributed by atoms with Gasteiger partial charge in [0.2, 0.25) is 0 Å². The molecule has 0 aliphatic carbocycles. The van der Waals surface area contributed by atoms with Gasteiger partial charge in [-0.25, -0.2) is 4.98 Å². The minimum atomic E-state index is 0.179. The fraction of sp³-hybridized carbons (Fsp3) is 0.333. The second-order valence-corrected chi connectivity index (χ2v) is 5.98. The molecule has 1 aromatic heterocycles. The van der Waals surface area contributed by atoms with Crippen molar-refractivity contribution >= 4 is 29.1 Å². The number of rotatable bonds is 7. The van der Waals surface area contributed by atoms with Crippen LogP contribution in [0.4, 0.5) is 0 Å². The molecule has 0 amide bonds. The third-order valence-corrected chi connectivity index (χ3v) is 4.11. The molecule has 2 rings (SSSR count). The van der Waals surface area contributed by atoms with Crippen molar-refractivity contribution in [1.29, 1.82) is 0 Å². The highest BCUT2D eigenvalue weighted by molar-refractivity contribution is 8.00. The largest absolute Gasteiger partial charge is 0.335 e. The van der Waals surface area contributed by atoms with Gasteiger partial charge in [0.15, 0.2) is 5.78 Å². The van der Waals surface area contributed by atoms with Crippen molar-refractivity contribution in [2.45, 2.75) is 31.2 Å². The van der Waals surface area contributed by atoms with Gasteiger partial charge in [0, 0.05) is 28.9 Å². The Morgan fingerprint density at radius 2 is 2.30 bits per heavy atom. The highest BCUT2D eigenvalue weighted by Crippen LogP contribution is 2.21. The molecule has 0 aliphatic heterocycles. The van der Waals surface area contributed by atoms with Crippen molar-refractivity contribution < 1.29 is 4.79 Å². The van der Waals surface area contributed by atoms with Crippen LogP contribution in [-0.2, 0) is 17.8 Å². The lowest BCUT2D eigenvalue weighted by atomic mass is 10.3. The average molecular weight is 309 g/mol. The molecule has 106 valence electrons. The summed E-state index contributed by atoms with van der Waals surface area (Å²) in [5, 5.41) is 0.695. The molecule has 0 saturated carbocycles. The quantitative estimate of drug-likeness (QED) is 0.729. The van der Waals surface area contributed by atoms with Gasteiger partial charge in [-0.15, -0.1) is 11.8 Å². The Hall–Kier alpha value is -1.26. The van der Waals surface area contributed by atoms with E-state index in [0.29, 0.717) is 17.2 Å². The van der Waals surface area contributed by atoms with E-state index in [1.807, 2.05) is 35.0 Å². The Bertz CT molecular complexity index is 583. The molecule has 0 atom stereocenters. The number of aryl methyl sites for hydroxylation is 1. The van der Waals surface area contributed by atoms with Gasteiger partial charge in [0.1, 0.15) is 5.82 Å². The van der Waals surface area contributed by atoms with Crippen LogP contribution in [-0.4, -0.2) is 21.1 Å². The molecule has 3 nitrogen and oxygen atoms in total. The molecule has 5 heteroatoms. The van der Waals surface area contributed by atoms with Crippen molar-refractivity contribution in [2.24, 2.45) is 0 Å². The van der Waals surface area contributed by atoms with Crippen LogP contribution < -0.4 is 0 Å². The topological polar surface area (TPSA) is 34.9 Å². The number of hydrogen-bond donors (Lipinski definition) is 0. The molecular formula is C15H17ClN2OS. The van der Waals surface area contributed by atoms with Gasteiger partial charge < -0.3 is 4.57 Å². The lowest BCUT2D eigenvalue weighted by molar-refractivity contribution is -0.116. The monoisotopic (exact) mass is 308 g/mol. The predicted molar refractivity (Wildman–Crippen MR) is 83.4 cm³/mol. The summed E-state index contributed by atoms with van der Waals surface area (Å²) in [5.74, 6) is 1.47. The van der Waals surface area contributed by atoms with E-state index < -0.39 is 0 Å². The smallest absolute Gasteiger partial charge is 0.150 e. The number of aromatic nitrogens is 2. The molecular weight excluding hydrogens is 292 g/mol. The van der Waals surface area contributed by atoms with Gasteiger partial charge >= 0.3 is 0 Å². The fourth-order valence-electron chi connectivity index (χ4n) is 1.90. The summed E-state index contributed by atoms with van der Waals surface area (Å²) >= 11 is 7.43. The lowest BCUT2D eigenvalue weighted by Crippen LogP contribution is -2.11. The zero-order valence-corrected chi connectivity index (χ0v) is 13.0. The van der Waals surface area contributed by atoms with Crippen LogP contribution in [0.15, 0.2) is 41.6 Å². The summed E-state index contributed by atoms with van der Waals surface area (Å²) in [6, 6.07) is 7.55. The third kappa shape index (κ3) is 4.39. The van der Waals surface area contributed by atoms with Crippen molar-refractivity contribution in [1.82, 2.24) is 9.55 Å². The molecule has 0 N–H and O–H groups in total. The Labute approximate surface area is 128 Å². The van der Waals surface area contributed by atoms with Crippen LogP contribution in [0.1, 0.15) is 19.2 Å². The van der Waals surface area contributed by atoms with Crippen molar-refractivity contribution in [3.63, 3.8) is 0 Å². The van der Waals surface area contributed by atoms with E-state index in [4.69, 9.17) is 11.6 Å². The van der Waals surface area contributed by atoms with E-state index >= 15 is 0 Å². The predicted octanol–water partition coefficient (Wildman–Crippen LogP) is 3.85. The molecule has 0 bridgehead atoms. The highest BCUT2D eigenvalue weighted by Gasteiger charge is 2.09. The Kier molecular flexibility index (Phi) is 5.68. The highest BCUT2D eigenvalue weighted by atomic mass is 35.5. The van der Waals surface area contributed by atoms with Crippen LogP contribution in [0.5, 0.6) is 0 Å². The fourth-order valence-corrected chi connectivity index (χ4v) is 2.97. The molecule has 0 unspecified atom stereocenters. The van der Waals surface area contributed by atoms with E-state index in [0.717, 1.165) is 23.7 Å². The normalized spacial score (nSPS) is 10.7. The zero-order valence-electron chi connectivity index (χ0n) is 11.4. The summed E-state index contributed by atoms with van der Waals surface area (Å²) < 4.78 is 2.04. The maximum atomic E-state index is 12.0. The molecule has 0 aliphatic rings. The van der Waals surface area contributed by atoms with Crippen LogP contribution in [0.2, 0.25) is 5.02 Å².